The third-order valence-electron chi connectivity index (χ3n) is 4.91. The molecule has 1 saturated heterocycles. The van der Waals surface area contributed by atoms with Gasteiger partial charge >= 0.3 is 0 Å². The molecule has 1 atom stereocenters. The topological polar surface area (TPSA) is 45.1 Å². The zero-order chi connectivity index (χ0) is 18.8. The molecular formula is C20H19F2N3O2. The van der Waals surface area contributed by atoms with E-state index in [1.807, 2.05) is 0 Å². The summed E-state index contributed by atoms with van der Waals surface area (Å²) in [6, 6.07) is 12.7. The number of rotatable bonds is 3. The summed E-state index contributed by atoms with van der Waals surface area (Å²) in [5.74, 6) is -0.777. The van der Waals surface area contributed by atoms with Crippen LogP contribution < -0.4 is 4.90 Å². The predicted octanol–water partition coefficient (Wildman–Crippen LogP) is 2.81. The molecule has 0 spiro atoms. The zero-order valence-electron chi connectivity index (χ0n) is 14.6. The van der Waals surface area contributed by atoms with Gasteiger partial charge in [-0.2, -0.15) is 0 Å². The standard InChI is InChI=1S/C20H19F2N3O2/c21-14-5-7-15(8-6-14)24-9-11-25(12-10-24)20(26)19-13-18(23-27-19)16-3-1-2-4-17(16)22/h1-8,19H,9-13H2. The minimum Gasteiger partial charge on any atom is -0.382 e. The van der Waals surface area contributed by atoms with Gasteiger partial charge in [0.2, 0.25) is 6.10 Å². The van der Waals surface area contributed by atoms with Crippen LogP contribution in [-0.2, 0) is 9.63 Å². The van der Waals surface area contributed by atoms with Crippen LogP contribution in [0.3, 0.4) is 0 Å². The van der Waals surface area contributed by atoms with Crippen LogP contribution in [0.25, 0.3) is 0 Å². The Morgan fingerprint density at radius 1 is 1.00 bits per heavy atom. The van der Waals surface area contributed by atoms with Gasteiger partial charge in [-0.05, 0) is 30.3 Å². The van der Waals surface area contributed by atoms with Crippen molar-refractivity contribution in [2.75, 3.05) is 31.1 Å². The molecule has 0 saturated carbocycles. The minimum atomic E-state index is -0.711. The Morgan fingerprint density at radius 2 is 1.70 bits per heavy atom. The first-order valence-electron chi connectivity index (χ1n) is 8.89. The Hall–Kier alpha value is -2.96. The van der Waals surface area contributed by atoms with E-state index in [1.54, 1.807) is 35.2 Å². The Morgan fingerprint density at radius 3 is 2.41 bits per heavy atom. The number of hydrogen-bond donors (Lipinski definition) is 0. The summed E-state index contributed by atoms with van der Waals surface area (Å²) in [6.45, 7) is 2.41. The second-order valence-electron chi connectivity index (χ2n) is 6.60. The number of nitrogens with zero attached hydrogens (tertiary/aromatic N) is 3. The second-order valence-corrected chi connectivity index (χ2v) is 6.60. The highest BCUT2D eigenvalue weighted by atomic mass is 19.1. The van der Waals surface area contributed by atoms with Crippen LogP contribution in [0, 0.1) is 11.6 Å². The van der Waals surface area contributed by atoms with Gasteiger partial charge in [0.25, 0.3) is 5.91 Å². The minimum absolute atomic E-state index is 0.135. The lowest BCUT2D eigenvalue weighted by atomic mass is 10.0. The molecule has 0 aromatic heterocycles. The van der Waals surface area contributed by atoms with Crippen molar-refractivity contribution < 1.29 is 18.4 Å². The van der Waals surface area contributed by atoms with E-state index in [1.165, 1.54) is 18.2 Å². The van der Waals surface area contributed by atoms with Crippen LogP contribution in [0.1, 0.15) is 12.0 Å². The van der Waals surface area contributed by atoms with E-state index in [2.05, 4.69) is 10.1 Å². The van der Waals surface area contributed by atoms with Gasteiger partial charge in [0.1, 0.15) is 11.6 Å². The molecule has 1 fully saturated rings. The number of piperazine rings is 1. The zero-order valence-corrected chi connectivity index (χ0v) is 14.6. The van der Waals surface area contributed by atoms with Crippen LogP contribution >= 0.6 is 0 Å². The van der Waals surface area contributed by atoms with E-state index in [9.17, 15) is 13.6 Å². The largest absolute Gasteiger partial charge is 0.382 e. The summed E-state index contributed by atoms with van der Waals surface area (Å²) in [7, 11) is 0. The number of carbonyl (C=O) groups is 1. The maximum atomic E-state index is 13.9. The smallest absolute Gasteiger partial charge is 0.267 e. The van der Waals surface area contributed by atoms with Crippen molar-refractivity contribution in [2.24, 2.45) is 5.16 Å². The third-order valence-corrected chi connectivity index (χ3v) is 4.91. The molecule has 0 bridgehead atoms. The molecule has 4 rings (SSSR count). The first kappa shape index (κ1) is 17.5. The molecular weight excluding hydrogens is 352 g/mol. The third kappa shape index (κ3) is 3.63. The normalized spacial score (nSPS) is 19.6. The molecule has 27 heavy (non-hydrogen) atoms. The van der Waals surface area contributed by atoms with Gasteiger partial charge < -0.3 is 14.6 Å². The number of anilines is 1. The second kappa shape index (κ2) is 7.34. The highest BCUT2D eigenvalue weighted by Gasteiger charge is 2.34. The van der Waals surface area contributed by atoms with Gasteiger partial charge in [-0.1, -0.05) is 23.4 Å². The molecule has 2 aromatic carbocycles. The molecule has 1 unspecified atom stereocenters. The lowest BCUT2D eigenvalue weighted by Crippen LogP contribution is -2.51. The average molecular weight is 371 g/mol. The highest BCUT2D eigenvalue weighted by molar-refractivity contribution is 6.04. The summed E-state index contributed by atoms with van der Waals surface area (Å²) >= 11 is 0. The van der Waals surface area contributed by atoms with Crippen molar-refractivity contribution in [1.82, 2.24) is 4.90 Å². The molecule has 2 aliphatic heterocycles. The molecule has 2 aromatic rings. The number of hydrogen-bond acceptors (Lipinski definition) is 4. The van der Waals surface area contributed by atoms with Crippen LogP contribution in [0.2, 0.25) is 0 Å². The van der Waals surface area contributed by atoms with Crippen LogP contribution in [0.4, 0.5) is 14.5 Å². The van der Waals surface area contributed by atoms with E-state index in [0.29, 0.717) is 37.5 Å². The molecule has 2 heterocycles. The van der Waals surface area contributed by atoms with E-state index in [-0.39, 0.29) is 24.0 Å². The molecule has 0 N–H and O–H groups in total. The van der Waals surface area contributed by atoms with Crippen molar-refractivity contribution in [3.8, 4) is 0 Å². The van der Waals surface area contributed by atoms with Gasteiger partial charge in [-0.15, -0.1) is 0 Å². The first-order chi connectivity index (χ1) is 13.1. The Labute approximate surface area is 155 Å². The summed E-state index contributed by atoms with van der Waals surface area (Å²) in [4.78, 5) is 21.9. The molecule has 5 nitrogen and oxygen atoms in total. The molecule has 7 heteroatoms. The van der Waals surface area contributed by atoms with Gasteiger partial charge in [-0.25, -0.2) is 8.78 Å². The van der Waals surface area contributed by atoms with E-state index >= 15 is 0 Å². The quantitative estimate of drug-likeness (QED) is 0.834. The van der Waals surface area contributed by atoms with Gasteiger partial charge in [0, 0.05) is 43.9 Å². The molecule has 1 amide bonds. The predicted molar refractivity (Wildman–Crippen MR) is 97.6 cm³/mol. The van der Waals surface area contributed by atoms with Crippen LogP contribution in [0.15, 0.2) is 53.7 Å². The molecule has 140 valence electrons. The fourth-order valence-electron chi connectivity index (χ4n) is 3.40. The Balaban J connectivity index is 1.34. The number of halogens is 2. The average Bonchev–Trinajstić information content (AvgIpc) is 3.18. The van der Waals surface area contributed by atoms with Crippen molar-refractivity contribution in [3.05, 3.63) is 65.7 Å². The number of benzene rings is 2. The Bertz CT molecular complexity index is 862. The van der Waals surface area contributed by atoms with Crippen molar-refractivity contribution in [3.63, 3.8) is 0 Å². The monoisotopic (exact) mass is 371 g/mol. The van der Waals surface area contributed by atoms with Crippen molar-refractivity contribution in [2.45, 2.75) is 12.5 Å². The van der Waals surface area contributed by atoms with Gasteiger partial charge in [0.15, 0.2) is 0 Å². The fraction of sp³-hybridized carbons (Fsp3) is 0.300. The summed E-state index contributed by atoms with van der Waals surface area (Å²) in [5, 5.41) is 3.92. The van der Waals surface area contributed by atoms with Crippen LogP contribution in [-0.4, -0.2) is 48.8 Å². The Kier molecular flexibility index (Phi) is 4.75. The number of carbonyl (C=O) groups excluding carboxylic acids is 1. The summed E-state index contributed by atoms with van der Waals surface area (Å²) in [5.41, 5.74) is 1.76. The van der Waals surface area contributed by atoms with E-state index in [0.717, 1.165) is 5.69 Å². The number of oxime groups is 1. The maximum absolute atomic E-state index is 13.9. The SMILES string of the molecule is O=C(C1CC(c2ccccc2F)=NO1)N1CCN(c2ccc(F)cc2)CC1. The van der Waals surface area contributed by atoms with Crippen molar-refractivity contribution >= 4 is 17.3 Å². The summed E-state index contributed by atoms with van der Waals surface area (Å²) in [6.07, 6.45) is -0.449. The summed E-state index contributed by atoms with van der Waals surface area (Å²) < 4.78 is 26.9. The van der Waals surface area contributed by atoms with Gasteiger partial charge in [-0.3, -0.25) is 4.79 Å². The van der Waals surface area contributed by atoms with Crippen LogP contribution in [0.5, 0.6) is 0 Å². The maximum Gasteiger partial charge on any atom is 0.267 e. The van der Waals surface area contributed by atoms with Crippen molar-refractivity contribution in [1.29, 1.82) is 0 Å². The highest BCUT2D eigenvalue weighted by Crippen LogP contribution is 2.22. The lowest BCUT2D eigenvalue weighted by molar-refractivity contribution is -0.142. The van der Waals surface area contributed by atoms with Gasteiger partial charge in [0.05, 0.1) is 5.71 Å². The number of amides is 1. The molecule has 2 aliphatic rings. The van der Waals surface area contributed by atoms with E-state index in [4.69, 9.17) is 4.84 Å². The molecule has 0 radical (unpaired) electrons. The fourth-order valence-corrected chi connectivity index (χ4v) is 3.40. The molecule has 0 aliphatic carbocycles. The van der Waals surface area contributed by atoms with E-state index < -0.39 is 6.10 Å². The first-order valence-corrected chi connectivity index (χ1v) is 8.89. The lowest BCUT2D eigenvalue weighted by Gasteiger charge is -2.36.